The van der Waals surface area contributed by atoms with Crippen molar-refractivity contribution in [1.29, 1.82) is 0 Å². The van der Waals surface area contributed by atoms with Crippen molar-refractivity contribution < 1.29 is 37.4 Å². The minimum atomic E-state index is -2.05. The summed E-state index contributed by atoms with van der Waals surface area (Å²) in [6, 6.07) is 0. The van der Waals surface area contributed by atoms with E-state index in [1.54, 1.807) is 6.08 Å². The largest absolute Gasteiger partial charge is 0.466 e. The van der Waals surface area contributed by atoms with Gasteiger partial charge in [0.15, 0.2) is 22.4 Å². The van der Waals surface area contributed by atoms with Gasteiger partial charge in [0, 0.05) is 62.6 Å². The maximum atomic E-state index is 13.9. The summed E-state index contributed by atoms with van der Waals surface area (Å²) >= 11 is 0. The van der Waals surface area contributed by atoms with Gasteiger partial charge < -0.3 is 27.8 Å². The summed E-state index contributed by atoms with van der Waals surface area (Å²) in [6.07, 6.45) is 1.41. The SMILES string of the molecule is COC(=O)C1=C[C@@H]2C(=O)C(OC)(OC)[C@H]1[C@@H]1[C@H]3O[C@@H]([C@H](CO[Si](C)(C)C(C)(C)C)[C@@H]3CO[Si](C)(C)C(C)(C)C)[C@@H]12. The molecule has 0 aromatic carbocycles. The van der Waals surface area contributed by atoms with Crippen molar-refractivity contribution in [3.63, 3.8) is 0 Å². The van der Waals surface area contributed by atoms with Gasteiger partial charge in [-0.2, -0.15) is 0 Å². The molecule has 0 unspecified atom stereocenters. The minimum Gasteiger partial charge on any atom is -0.466 e. The van der Waals surface area contributed by atoms with Gasteiger partial charge >= 0.3 is 5.97 Å². The predicted molar refractivity (Wildman–Crippen MR) is 158 cm³/mol. The van der Waals surface area contributed by atoms with Gasteiger partial charge in [-0.25, -0.2) is 4.79 Å². The van der Waals surface area contributed by atoms with Gasteiger partial charge in [-0.15, -0.1) is 0 Å². The van der Waals surface area contributed by atoms with Crippen molar-refractivity contribution in [3.8, 4) is 0 Å². The van der Waals surface area contributed by atoms with Gasteiger partial charge in [-0.05, 0) is 36.3 Å². The zero-order valence-electron chi connectivity index (χ0n) is 26.9. The molecule has 5 rings (SSSR count). The van der Waals surface area contributed by atoms with E-state index in [1.165, 1.54) is 21.3 Å². The second-order valence-corrected chi connectivity index (χ2v) is 24.9. The summed E-state index contributed by atoms with van der Waals surface area (Å²) in [6.45, 7) is 23.7. The van der Waals surface area contributed by atoms with Crippen molar-refractivity contribution in [2.75, 3.05) is 34.5 Å². The lowest BCUT2D eigenvalue weighted by Crippen LogP contribution is -2.68. The fourth-order valence-electron chi connectivity index (χ4n) is 6.96. The Hall–Kier alpha value is -0.886. The lowest BCUT2D eigenvalue weighted by molar-refractivity contribution is -0.255. The predicted octanol–water partition coefficient (Wildman–Crippen LogP) is 5.19. The van der Waals surface area contributed by atoms with E-state index in [2.05, 4.69) is 67.7 Å². The quantitative estimate of drug-likeness (QED) is 0.204. The van der Waals surface area contributed by atoms with E-state index < -0.39 is 40.2 Å². The highest BCUT2D eigenvalue weighted by molar-refractivity contribution is 6.74. The first kappa shape index (κ1) is 32.0. The number of rotatable bonds is 9. The van der Waals surface area contributed by atoms with Crippen LogP contribution >= 0.6 is 0 Å². The molecule has 2 saturated heterocycles. The average molecular weight is 597 g/mol. The lowest BCUT2D eigenvalue weighted by atomic mass is 9.49. The number of methoxy groups -OCH3 is 3. The Morgan fingerprint density at radius 3 is 1.70 bits per heavy atom. The number of carbonyl (C=O) groups excluding carboxylic acids is 2. The molecule has 8 nitrogen and oxygen atoms in total. The molecule has 0 radical (unpaired) electrons. The van der Waals surface area contributed by atoms with E-state index in [9.17, 15) is 9.59 Å². The third kappa shape index (κ3) is 4.73. The highest BCUT2D eigenvalue weighted by atomic mass is 28.4. The van der Waals surface area contributed by atoms with Crippen LogP contribution in [0.4, 0.5) is 0 Å². The Balaban J connectivity index is 1.74. The molecule has 4 bridgehead atoms. The van der Waals surface area contributed by atoms with Crippen LogP contribution < -0.4 is 0 Å². The van der Waals surface area contributed by atoms with E-state index in [-0.39, 0.29) is 51.7 Å². The number of fused-ring (bicyclic) bond motifs is 3. The van der Waals surface area contributed by atoms with E-state index in [0.29, 0.717) is 18.8 Å². The second-order valence-electron chi connectivity index (χ2n) is 15.2. The molecule has 5 aliphatic rings. The van der Waals surface area contributed by atoms with E-state index in [0.717, 1.165) is 0 Å². The molecule has 0 amide bonds. The third-order valence-electron chi connectivity index (χ3n) is 11.4. The number of carbonyl (C=O) groups is 2. The van der Waals surface area contributed by atoms with Gasteiger partial charge in [0.2, 0.25) is 5.79 Å². The van der Waals surface area contributed by atoms with Crippen LogP contribution in [0.2, 0.25) is 36.3 Å². The van der Waals surface area contributed by atoms with Crippen molar-refractivity contribution >= 4 is 28.4 Å². The standard InChI is InChI=1S/C30H52O8Si2/c1-28(2,3)39(10,11)36-15-19-20(16-37-40(12,13)29(4,5)6)25-22-21(24(19)38-25)17-14-18(27(32)33-7)23(22)30(34-8,35-9)26(17)31/h14,17,19-25H,15-16H2,1-13H3/t17-,19+,20-,21+,22+,23+,24-,25-/m0/s1. The van der Waals surface area contributed by atoms with Crippen molar-refractivity contribution in [3.05, 3.63) is 11.6 Å². The number of allylic oxidation sites excluding steroid dienone is 1. The molecule has 0 spiro atoms. The first-order valence-corrected chi connectivity index (χ1v) is 20.5. The number of hydrogen-bond donors (Lipinski definition) is 0. The van der Waals surface area contributed by atoms with Crippen molar-refractivity contribution in [2.24, 2.45) is 35.5 Å². The molecule has 0 aromatic rings. The Morgan fingerprint density at radius 2 is 1.30 bits per heavy atom. The van der Waals surface area contributed by atoms with Crippen LogP contribution in [0.25, 0.3) is 0 Å². The molecule has 2 heterocycles. The van der Waals surface area contributed by atoms with Crippen LogP contribution in [0, 0.1) is 35.5 Å². The average Bonchev–Trinajstić information content (AvgIpc) is 3.42. The number of ether oxygens (including phenoxy) is 4. The van der Waals surface area contributed by atoms with Gasteiger partial charge in [-0.3, -0.25) is 4.79 Å². The maximum absolute atomic E-state index is 13.9. The minimum absolute atomic E-state index is 0.0601. The molecule has 228 valence electrons. The molecular weight excluding hydrogens is 544 g/mol. The van der Waals surface area contributed by atoms with Crippen LogP contribution in [0.5, 0.6) is 0 Å². The molecule has 1 saturated carbocycles. The van der Waals surface area contributed by atoms with E-state index in [4.69, 9.17) is 27.8 Å². The van der Waals surface area contributed by atoms with Gasteiger partial charge in [0.05, 0.1) is 25.2 Å². The van der Waals surface area contributed by atoms with E-state index >= 15 is 0 Å². The number of Topliss-reactive ketones (excluding diaryl/α,β-unsaturated/α-hetero) is 1. The molecular formula is C30H52O8Si2. The zero-order chi connectivity index (χ0) is 30.2. The fraction of sp³-hybridized carbons (Fsp3) is 0.867. The Bertz CT molecular complexity index is 1040. The van der Waals surface area contributed by atoms with E-state index in [1.807, 2.05) is 0 Å². The number of esters is 1. The van der Waals surface area contributed by atoms with Crippen molar-refractivity contribution in [2.45, 2.75) is 95.8 Å². The zero-order valence-corrected chi connectivity index (χ0v) is 28.9. The molecule has 3 aliphatic carbocycles. The summed E-state index contributed by atoms with van der Waals surface area (Å²) in [7, 11) is 0.257. The Morgan fingerprint density at radius 1 is 0.850 bits per heavy atom. The summed E-state index contributed by atoms with van der Waals surface area (Å²) in [4.78, 5) is 26.9. The number of hydrogen-bond acceptors (Lipinski definition) is 8. The summed E-state index contributed by atoms with van der Waals surface area (Å²) < 4.78 is 37.3. The molecule has 0 aromatic heterocycles. The van der Waals surface area contributed by atoms with Gasteiger partial charge in [-0.1, -0.05) is 47.6 Å². The van der Waals surface area contributed by atoms with Crippen LogP contribution in [0.15, 0.2) is 11.6 Å². The first-order valence-electron chi connectivity index (χ1n) is 14.7. The van der Waals surface area contributed by atoms with Crippen molar-refractivity contribution in [1.82, 2.24) is 0 Å². The van der Waals surface area contributed by atoms with Gasteiger partial charge in [0.1, 0.15) is 0 Å². The molecule has 8 atom stereocenters. The van der Waals surface area contributed by atoms with Crippen LogP contribution in [0.3, 0.4) is 0 Å². The normalized spacial score (nSPS) is 35.1. The summed E-state index contributed by atoms with van der Waals surface area (Å²) in [5.74, 6) is -3.39. The topological polar surface area (TPSA) is 89.5 Å². The summed E-state index contributed by atoms with van der Waals surface area (Å²) in [5, 5.41) is 0.148. The maximum Gasteiger partial charge on any atom is 0.333 e. The number of ketones is 1. The molecule has 2 aliphatic heterocycles. The summed E-state index contributed by atoms with van der Waals surface area (Å²) in [5.41, 5.74) is 0.450. The smallest absolute Gasteiger partial charge is 0.333 e. The Kier molecular flexibility index (Phi) is 8.31. The van der Waals surface area contributed by atoms with Gasteiger partial charge in [0.25, 0.3) is 0 Å². The molecule has 10 heteroatoms. The first-order chi connectivity index (χ1) is 18.3. The van der Waals surface area contributed by atoms with Crippen LogP contribution in [-0.4, -0.2) is 80.9 Å². The molecule has 40 heavy (non-hydrogen) atoms. The molecule has 0 N–H and O–H groups in total. The Labute approximate surface area is 243 Å². The third-order valence-corrected chi connectivity index (χ3v) is 20.4. The van der Waals surface area contributed by atoms with Crippen LogP contribution in [-0.2, 0) is 37.4 Å². The molecule has 3 fully saturated rings. The van der Waals surface area contributed by atoms with Crippen LogP contribution in [0.1, 0.15) is 41.5 Å². The highest BCUT2D eigenvalue weighted by Gasteiger charge is 2.74. The lowest BCUT2D eigenvalue weighted by Gasteiger charge is -2.56. The second kappa shape index (κ2) is 10.4. The fourth-order valence-corrected chi connectivity index (χ4v) is 9.04. The monoisotopic (exact) mass is 596 g/mol. The highest BCUT2D eigenvalue weighted by Crippen LogP contribution is 2.65.